The molecule has 0 radical (unpaired) electrons. The highest BCUT2D eigenvalue weighted by atomic mass is 31.2. The summed E-state index contributed by atoms with van der Waals surface area (Å²) in [6, 6.07) is 7.54. The Balaban J connectivity index is 2.53. The van der Waals surface area contributed by atoms with Crippen LogP contribution in [0.5, 0.6) is 5.75 Å². The predicted molar refractivity (Wildman–Crippen MR) is 75.8 cm³/mol. The van der Waals surface area contributed by atoms with Crippen LogP contribution in [0.1, 0.15) is 13.3 Å². The second kappa shape index (κ2) is 7.34. The van der Waals surface area contributed by atoms with Gasteiger partial charge in [0, 0.05) is 19.0 Å². The minimum atomic E-state index is -2.46. The van der Waals surface area contributed by atoms with Crippen molar-refractivity contribution < 1.29 is 13.8 Å². The number of hydrogen-bond acceptors (Lipinski definition) is 4. The summed E-state index contributed by atoms with van der Waals surface area (Å²) in [5.41, 5.74) is 0.780. The van der Waals surface area contributed by atoms with Crippen molar-refractivity contribution in [1.29, 1.82) is 0 Å². The summed E-state index contributed by atoms with van der Waals surface area (Å²) in [6.07, 6.45) is 2.90. The van der Waals surface area contributed by atoms with Crippen molar-refractivity contribution in [2.24, 2.45) is 4.99 Å². The van der Waals surface area contributed by atoms with E-state index in [1.165, 1.54) is 0 Å². The van der Waals surface area contributed by atoms with Crippen LogP contribution in [-0.4, -0.2) is 32.8 Å². The van der Waals surface area contributed by atoms with Gasteiger partial charge in [0.05, 0.1) is 13.7 Å². The van der Waals surface area contributed by atoms with Gasteiger partial charge in [-0.3, -0.25) is 9.56 Å². The molecule has 1 rings (SSSR count). The van der Waals surface area contributed by atoms with Crippen molar-refractivity contribution in [3.05, 3.63) is 24.3 Å². The molecule has 0 fully saturated rings. The van der Waals surface area contributed by atoms with E-state index in [1.54, 1.807) is 20.0 Å². The summed E-state index contributed by atoms with van der Waals surface area (Å²) in [7, 11) is -0.840. The zero-order chi connectivity index (χ0) is 13.4. The second-order valence-corrected chi connectivity index (χ2v) is 6.66. The van der Waals surface area contributed by atoms with Gasteiger partial charge >= 0.3 is 0 Å². The molecule has 0 saturated carbocycles. The first-order valence-electron chi connectivity index (χ1n) is 5.95. The van der Waals surface area contributed by atoms with Gasteiger partial charge < -0.3 is 9.26 Å². The molecule has 5 heteroatoms. The molecule has 18 heavy (non-hydrogen) atoms. The largest absolute Gasteiger partial charge is 0.494 e. The van der Waals surface area contributed by atoms with E-state index < -0.39 is 7.37 Å². The Labute approximate surface area is 108 Å². The fourth-order valence-corrected chi connectivity index (χ4v) is 2.79. The van der Waals surface area contributed by atoms with Crippen molar-refractivity contribution in [1.82, 2.24) is 0 Å². The molecule has 0 aliphatic heterocycles. The first-order chi connectivity index (χ1) is 8.59. The lowest BCUT2D eigenvalue weighted by Gasteiger charge is -2.10. The molecule has 0 spiro atoms. The number of benzene rings is 1. The first kappa shape index (κ1) is 14.9. The van der Waals surface area contributed by atoms with Crippen LogP contribution in [0.3, 0.4) is 0 Å². The number of hydrogen-bond donors (Lipinski definition) is 0. The van der Waals surface area contributed by atoms with Gasteiger partial charge in [0.15, 0.2) is 0 Å². The first-order valence-corrected chi connectivity index (χ1v) is 8.21. The third-order valence-electron chi connectivity index (χ3n) is 2.38. The zero-order valence-electron chi connectivity index (χ0n) is 11.1. The van der Waals surface area contributed by atoms with Crippen molar-refractivity contribution in [2.45, 2.75) is 13.3 Å². The lowest BCUT2D eigenvalue weighted by atomic mass is 10.3. The highest BCUT2D eigenvalue weighted by Crippen LogP contribution is 2.42. The molecule has 0 heterocycles. The Morgan fingerprint density at radius 2 is 2.11 bits per heavy atom. The Morgan fingerprint density at radius 3 is 2.78 bits per heavy atom. The molecule has 1 atom stereocenters. The van der Waals surface area contributed by atoms with Gasteiger partial charge in [-0.25, -0.2) is 0 Å². The average molecular weight is 269 g/mol. The van der Waals surface area contributed by atoms with Gasteiger partial charge in [0.25, 0.3) is 0 Å². The standard InChI is InChI=1S/C13H20NO3P/c1-4-17-18(3,15)11-7-10-14-12-8-5-6-9-13(12)16-2/h5-6,8-10H,4,7,11H2,1-3H3. The average Bonchev–Trinajstić information content (AvgIpc) is 2.35. The van der Waals surface area contributed by atoms with Crippen LogP contribution in [-0.2, 0) is 9.09 Å². The van der Waals surface area contributed by atoms with Gasteiger partial charge in [0.2, 0.25) is 7.37 Å². The minimum Gasteiger partial charge on any atom is -0.494 e. The fourth-order valence-electron chi connectivity index (χ4n) is 1.53. The van der Waals surface area contributed by atoms with E-state index in [-0.39, 0.29) is 0 Å². The number of nitrogens with zero attached hydrogens (tertiary/aromatic N) is 1. The van der Waals surface area contributed by atoms with Crippen LogP contribution in [0, 0.1) is 0 Å². The summed E-state index contributed by atoms with van der Waals surface area (Å²) in [6.45, 7) is 3.99. The van der Waals surface area contributed by atoms with Crippen molar-refractivity contribution >= 4 is 19.3 Å². The maximum Gasteiger partial charge on any atom is 0.200 e. The Morgan fingerprint density at radius 1 is 1.39 bits per heavy atom. The number of rotatable bonds is 7. The molecule has 1 aromatic rings. The topological polar surface area (TPSA) is 47.9 Å². The lowest BCUT2D eigenvalue weighted by molar-refractivity contribution is 0.337. The highest BCUT2D eigenvalue weighted by molar-refractivity contribution is 7.58. The zero-order valence-corrected chi connectivity index (χ0v) is 12.0. The van der Waals surface area contributed by atoms with Gasteiger partial charge in [-0.15, -0.1) is 0 Å². The predicted octanol–water partition coefficient (Wildman–Crippen LogP) is 3.73. The molecule has 1 aromatic carbocycles. The minimum absolute atomic E-state index is 0.484. The number of aliphatic imine (C=N–C) groups is 1. The smallest absolute Gasteiger partial charge is 0.200 e. The van der Waals surface area contributed by atoms with Crippen molar-refractivity contribution in [3.63, 3.8) is 0 Å². The van der Waals surface area contributed by atoms with Crippen LogP contribution in [0.15, 0.2) is 29.3 Å². The Bertz CT molecular complexity index is 446. The molecule has 0 aromatic heterocycles. The van der Waals surface area contributed by atoms with Crippen molar-refractivity contribution in [2.75, 3.05) is 26.5 Å². The molecule has 100 valence electrons. The van der Waals surface area contributed by atoms with Gasteiger partial charge in [-0.1, -0.05) is 12.1 Å². The molecule has 4 nitrogen and oxygen atoms in total. The number of ether oxygens (including phenoxy) is 1. The van der Waals surface area contributed by atoms with E-state index in [1.807, 2.05) is 31.2 Å². The Hall–Kier alpha value is -1.12. The van der Waals surface area contributed by atoms with E-state index >= 15 is 0 Å². The van der Waals surface area contributed by atoms with Gasteiger partial charge in [-0.05, 0) is 25.5 Å². The monoisotopic (exact) mass is 269 g/mol. The third-order valence-corrected chi connectivity index (χ3v) is 4.26. The van der Waals surface area contributed by atoms with Crippen LogP contribution < -0.4 is 4.74 Å². The maximum absolute atomic E-state index is 11.8. The van der Waals surface area contributed by atoms with Crippen molar-refractivity contribution in [3.8, 4) is 5.75 Å². The number of para-hydroxylation sites is 2. The van der Waals surface area contributed by atoms with Crippen LogP contribution in [0.25, 0.3) is 0 Å². The quantitative estimate of drug-likeness (QED) is 0.559. The maximum atomic E-state index is 11.8. The molecular weight excluding hydrogens is 249 g/mol. The summed E-state index contributed by atoms with van der Waals surface area (Å²) in [4.78, 5) is 4.31. The summed E-state index contributed by atoms with van der Waals surface area (Å²) in [5, 5.41) is 0. The van der Waals surface area contributed by atoms with E-state index in [9.17, 15) is 4.57 Å². The Kier molecular flexibility index (Phi) is 6.10. The molecule has 0 aliphatic rings. The van der Waals surface area contributed by atoms with E-state index in [4.69, 9.17) is 9.26 Å². The third kappa shape index (κ3) is 5.03. The SMILES string of the molecule is CCOP(C)(=O)CCC=Nc1ccccc1OC. The summed E-state index contributed by atoms with van der Waals surface area (Å²) in [5.74, 6) is 0.734. The molecule has 0 saturated heterocycles. The molecule has 0 N–H and O–H groups in total. The van der Waals surface area contributed by atoms with E-state index in [0.717, 1.165) is 11.4 Å². The lowest BCUT2D eigenvalue weighted by Crippen LogP contribution is -1.94. The molecule has 0 aliphatic carbocycles. The summed E-state index contributed by atoms with van der Waals surface area (Å²) >= 11 is 0. The van der Waals surface area contributed by atoms with Gasteiger partial charge in [0.1, 0.15) is 11.4 Å². The van der Waals surface area contributed by atoms with E-state index in [2.05, 4.69) is 4.99 Å². The fraction of sp³-hybridized carbons (Fsp3) is 0.462. The van der Waals surface area contributed by atoms with Crippen LogP contribution >= 0.6 is 7.37 Å². The normalized spacial score (nSPS) is 14.6. The highest BCUT2D eigenvalue weighted by Gasteiger charge is 2.13. The van der Waals surface area contributed by atoms with E-state index in [0.29, 0.717) is 19.2 Å². The van der Waals surface area contributed by atoms with Gasteiger partial charge in [-0.2, -0.15) is 0 Å². The molecule has 0 bridgehead atoms. The van der Waals surface area contributed by atoms with Crippen LogP contribution in [0.2, 0.25) is 0 Å². The molecule has 0 amide bonds. The van der Waals surface area contributed by atoms with Crippen LogP contribution in [0.4, 0.5) is 5.69 Å². The number of methoxy groups -OCH3 is 1. The molecular formula is C13H20NO3P. The molecule has 1 unspecified atom stereocenters. The second-order valence-electron chi connectivity index (χ2n) is 3.93. The summed E-state index contributed by atoms with van der Waals surface area (Å²) < 4.78 is 22.2.